The number of benzene rings is 1. The maximum absolute atomic E-state index is 12.7. The van der Waals surface area contributed by atoms with Gasteiger partial charge in [-0.15, -0.1) is 0 Å². The Balaban J connectivity index is 2.05. The molecular weight excluding hydrogens is 281 g/mol. The summed E-state index contributed by atoms with van der Waals surface area (Å²) in [5, 5.41) is 3.11. The van der Waals surface area contributed by atoms with Crippen LogP contribution in [0.15, 0.2) is 28.7 Å². The molecule has 3 nitrogen and oxygen atoms in total. The van der Waals surface area contributed by atoms with E-state index in [0.29, 0.717) is 18.0 Å². The highest BCUT2D eigenvalue weighted by atomic mass is 19.4. The van der Waals surface area contributed by atoms with Crippen molar-refractivity contribution < 1.29 is 17.6 Å². The van der Waals surface area contributed by atoms with Crippen molar-refractivity contribution in [3.8, 4) is 0 Å². The second-order valence-electron chi connectivity index (χ2n) is 4.98. The molecule has 0 bridgehead atoms. The third kappa shape index (κ3) is 3.85. The van der Waals surface area contributed by atoms with E-state index in [9.17, 15) is 13.2 Å². The van der Waals surface area contributed by atoms with Crippen molar-refractivity contribution in [2.45, 2.75) is 39.5 Å². The Bertz CT molecular complexity index is 600. The molecule has 114 valence electrons. The average molecular weight is 298 g/mol. The number of aryl methyl sites for hydroxylation is 2. The maximum Gasteiger partial charge on any atom is 0.416 e. The Kier molecular flexibility index (Phi) is 4.37. The van der Waals surface area contributed by atoms with Gasteiger partial charge in [-0.05, 0) is 38.5 Å². The Labute approximate surface area is 121 Å². The molecule has 0 saturated carbocycles. The van der Waals surface area contributed by atoms with E-state index in [2.05, 4.69) is 10.3 Å². The van der Waals surface area contributed by atoms with Gasteiger partial charge in [0.15, 0.2) is 0 Å². The molecule has 0 radical (unpaired) electrons. The van der Waals surface area contributed by atoms with E-state index < -0.39 is 11.7 Å². The SMILES string of the molecule is Cc1nc(CNC(C)c2cccc(C(F)(F)F)c2)oc1C. The van der Waals surface area contributed by atoms with Crippen LogP contribution in [0, 0.1) is 13.8 Å². The molecule has 0 saturated heterocycles. The van der Waals surface area contributed by atoms with Crippen LogP contribution >= 0.6 is 0 Å². The average Bonchev–Trinajstić information content (AvgIpc) is 2.74. The molecule has 1 aromatic carbocycles. The summed E-state index contributed by atoms with van der Waals surface area (Å²) in [4.78, 5) is 4.22. The van der Waals surface area contributed by atoms with Gasteiger partial charge in [0, 0.05) is 6.04 Å². The van der Waals surface area contributed by atoms with Crippen molar-refractivity contribution in [3.63, 3.8) is 0 Å². The van der Waals surface area contributed by atoms with Gasteiger partial charge in [0.2, 0.25) is 5.89 Å². The van der Waals surface area contributed by atoms with E-state index in [4.69, 9.17) is 4.42 Å². The van der Waals surface area contributed by atoms with E-state index in [1.807, 2.05) is 13.8 Å². The highest BCUT2D eigenvalue weighted by molar-refractivity contribution is 5.27. The van der Waals surface area contributed by atoms with Crippen LogP contribution in [-0.4, -0.2) is 4.98 Å². The topological polar surface area (TPSA) is 38.1 Å². The third-order valence-electron chi connectivity index (χ3n) is 3.35. The molecule has 21 heavy (non-hydrogen) atoms. The number of alkyl halides is 3. The standard InChI is InChI=1S/C15H17F3N2O/c1-9-11(3)21-14(20-9)8-19-10(2)12-5-4-6-13(7-12)15(16,17)18/h4-7,10,19H,8H2,1-3H3. The lowest BCUT2D eigenvalue weighted by Crippen LogP contribution is -2.19. The minimum Gasteiger partial charge on any atom is -0.444 e. The number of halogens is 3. The first-order valence-electron chi connectivity index (χ1n) is 6.61. The number of hydrogen-bond donors (Lipinski definition) is 1. The van der Waals surface area contributed by atoms with Gasteiger partial charge < -0.3 is 9.73 Å². The number of nitrogens with zero attached hydrogens (tertiary/aromatic N) is 1. The molecule has 0 fully saturated rings. The van der Waals surface area contributed by atoms with Gasteiger partial charge in [0.05, 0.1) is 17.8 Å². The van der Waals surface area contributed by atoms with Crippen molar-refractivity contribution in [1.29, 1.82) is 0 Å². The van der Waals surface area contributed by atoms with Crippen LogP contribution in [0.25, 0.3) is 0 Å². The van der Waals surface area contributed by atoms with Gasteiger partial charge in [-0.25, -0.2) is 4.98 Å². The van der Waals surface area contributed by atoms with Crippen molar-refractivity contribution >= 4 is 0 Å². The zero-order valence-electron chi connectivity index (χ0n) is 12.1. The van der Waals surface area contributed by atoms with Gasteiger partial charge in [-0.3, -0.25) is 0 Å². The molecular formula is C15H17F3N2O. The zero-order valence-corrected chi connectivity index (χ0v) is 12.1. The second kappa shape index (κ2) is 5.89. The molecule has 1 atom stereocenters. The van der Waals surface area contributed by atoms with Crippen molar-refractivity contribution in [2.24, 2.45) is 0 Å². The van der Waals surface area contributed by atoms with E-state index in [-0.39, 0.29) is 6.04 Å². The minimum absolute atomic E-state index is 0.236. The number of aromatic nitrogens is 1. The van der Waals surface area contributed by atoms with Gasteiger partial charge in [-0.1, -0.05) is 12.1 Å². The van der Waals surface area contributed by atoms with Crippen LogP contribution in [0.2, 0.25) is 0 Å². The fourth-order valence-corrected chi connectivity index (χ4v) is 1.96. The summed E-state index contributed by atoms with van der Waals surface area (Å²) in [6, 6.07) is 5.06. The maximum atomic E-state index is 12.7. The lowest BCUT2D eigenvalue weighted by molar-refractivity contribution is -0.137. The summed E-state index contributed by atoms with van der Waals surface area (Å²) in [5.74, 6) is 1.28. The lowest BCUT2D eigenvalue weighted by Gasteiger charge is -2.15. The summed E-state index contributed by atoms with van der Waals surface area (Å²) in [6.07, 6.45) is -4.33. The third-order valence-corrected chi connectivity index (χ3v) is 3.35. The van der Waals surface area contributed by atoms with Gasteiger partial charge >= 0.3 is 6.18 Å². The van der Waals surface area contributed by atoms with E-state index in [0.717, 1.165) is 23.6 Å². The first kappa shape index (κ1) is 15.6. The summed E-state index contributed by atoms with van der Waals surface area (Å²) < 4.78 is 43.5. The molecule has 0 aliphatic rings. The molecule has 1 heterocycles. The molecule has 1 aromatic heterocycles. The summed E-state index contributed by atoms with van der Waals surface area (Å²) >= 11 is 0. The second-order valence-corrected chi connectivity index (χ2v) is 4.98. The van der Waals surface area contributed by atoms with Crippen molar-refractivity contribution in [1.82, 2.24) is 10.3 Å². The van der Waals surface area contributed by atoms with Crippen LogP contribution in [0.4, 0.5) is 13.2 Å². The van der Waals surface area contributed by atoms with Crippen LogP contribution in [-0.2, 0) is 12.7 Å². The Morgan fingerprint density at radius 3 is 2.57 bits per heavy atom. The van der Waals surface area contributed by atoms with Crippen LogP contribution in [0.3, 0.4) is 0 Å². The molecule has 1 N–H and O–H groups in total. The molecule has 0 spiro atoms. The predicted molar refractivity (Wildman–Crippen MR) is 72.7 cm³/mol. The number of nitrogens with one attached hydrogen (secondary N) is 1. The van der Waals surface area contributed by atoms with Gasteiger partial charge in [0.1, 0.15) is 5.76 Å². The van der Waals surface area contributed by atoms with E-state index in [1.165, 1.54) is 6.07 Å². The van der Waals surface area contributed by atoms with Crippen LogP contribution < -0.4 is 5.32 Å². The van der Waals surface area contributed by atoms with E-state index in [1.54, 1.807) is 13.0 Å². The largest absolute Gasteiger partial charge is 0.444 e. The monoisotopic (exact) mass is 298 g/mol. The molecule has 2 rings (SSSR count). The summed E-state index contributed by atoms with van der Waals surface area (Å²) in [5.41, 5.74) is 0.750. The molecule has 2 aromatic rings. The van der Waals surface area contributed by atoms with E-state index >= 15 is 0 Å². The smallest absolute Gasteiger partial charge is 0.416 e. The highest BCUT2D eigenvalue weighted by Gasteiger charge is 2.30. The quantitative estimate of drug-likeness (QED) is 0.921. The van der Waals surface area contributed by atoms with Crippen LogP contribution in [0.5, 0.6) is 0 Å². The van der Waals surface area contributed by atoms with Crippen molar-refractivity contribution in [2.75, 3.05) is 0 Å². The number of oxazole rings is 1. The normalized spacial score (nSPS) is 13.4. The molecule has 1 unspecified atom stereocenters. The Hall–Kier alpha value is -1.82. The predicted octanol–water partition coefficient (Wildman–Crippen LogP) is 4.16. The number of rotatable bonds is 4. The molecule has 0 amide bonds. The Morgan fingerprint density at radius 2 is 2.00 bits per heavy atom. The first-order valence-corrected chi connectivity index (χ1v) is 6.61. The van der Waals surface area contributed by atoms with Gasteiger partial charge in [-0.2, -0.15) is 13.2 Å². The van der Waals surface area contributed by atoms with Crippen LogP contribution in [0.1, 0.15) is 41.4 Å². The fraction of sp³-hybridized carbons (Fsp3) is 0.400. The molecule has 6 heteroatoms. The molecule has 0 aliphatic heterocycles. The highest BCUT2D eigenvalue weighted by Crippen LogP contribution is 2.30. The number of hydrogen-bond acceptors (Lipinski definition) is 3. The summed E-state index contributed by atoms with van der Waals surface area (Å²) in [7, 11) is 0. The molecule has 0 aliphatic carbocycles. The van der Waals surface area contributed by atoms with Crippen molar-refractivity contribution in [3.05, 3.63) is 52.7 Å². The fourth-order valence-electron chi connectivity index (χ4n) is 1.96. The zero-order chi connectivity index (χ0) is 15.6. The lowest BCUT2D eigenvalue weighted by atomic mass is 10.0. The first-order chi connectivity index (χ1) is 9.77. The summed E-state index contributed by atoms with van der Waals surface area (Å²) in [6.45, 7) is 5.84. The minimum atomic E-state index is -4.33. The van der Waals surface area contributed by atoms with Gasteiger partial charge in [0.25, 0.3) is 0 Å². The Morgan fingerprint density at radius 1 is 1.29 bits per heavy atom.